The van der Waals surface area contributed by atoms with Gasteiger partial charge in [0.1, 0.15) is 5.82 Å². The van der Waals surface area contributed by atoms with Gasteiger partial charge < -0.3 is 5.43 Å². The largest absolute Gasteiger partial charge is 0.308 e. The fraction of sp³-hybridized carbons (Fsp3) is 0.438. The van der Waals surface area contributed by atoms with Crippen molar-refractivity contribution in [2.75, 3.05) is 12.5 Å². The summed E-state index contributed by atoms with van der Waals surface area (Å²) in [5.74, 6) is 6.99. The number of nitrogens with one attached hydrogen (secondary N) is 1. The molecule has 1 atom stereocenters. The first kappa shape index (κ1) is 14.8. The third-order valence-electron chi connectivity index (χ3n) is 4.02. The minimum Gasteiger partial charge on any atom is -0.308 e. The van der Waals surface area contributed by atoms with Crippen LogP contribution in [0.2, 0.25) is 0 Å². The van der Waals surface area contributed by atoms with Crippen molar-refractivity contribution in [1.82, 2.24) is 9.88 Å². The number of benzene rings is 1. The van der Waals surface area contributed by atoms with E-state index in [-0.39, 0.29) is 0 Å². The summed E-state index contributed by atoms with van der Waals surface area (Å²) in [5.41, 5.74) is 4.81. The summed E-state index contributed by atoms with van der Waals surface area (Å²) in [4.78, 5) is 6.92. The van der Waals surface area contributed by atoms with Gasteiger partial charge in [-0.1, -0.05) is 32.0 Å². The van der Waals surface area contributed by atoms with Crippen LogP contribution in [0.4, 0.5) is 5.82 Å². The Morgan fingerprint density at radius 3 is 2.60 bits per heavy atom. The maximum atomic E-state index is 5.62. The second-order valence-electron chi connectivity index (χ2n) is 5.73. The lowest BCUT2D eigenvalue weighted by atomic mass is 10.0. The number of nitrogens with two attached hydrogens (primary N) is 1. The minimum absolute atomic E-state index is 0.507. The van der Waals surface area contributed by atoms with E-state index in [9.17, 15) is 0 Å². The first-order chi connectivity index (χ1) is 9.52. The number of nitrogens with zero attached hydrogens (tertiary/aromatic N) is 2. The molecule has 2 aromatic rings. The van der Waals surface area contributed by atoms with Crippen molar-refractivity contribution in [2.24, 2.45) is 11.8 Å². The molecule has 1 aromatic heterocycles. The predicted octanol–water partition coefficient (Wildman–Crippen LogP) is 3.00. The molecule has 0 saturated heterocycles. The van der Waals surface area contributed by atoms with E-state index in [0.717, 1.165) is 28.8 Å². The van der Waals surface area contributed by atoms with Crippen LogP contribution in [0, 0.1) is 5.92 Å². The van der Waals surface area contributed by atoms with Gasteiger partial charge in [-0.25, -0.2) is 10.8 Å². The molecule has 2 rings (SSSR count). The molecule has 1 unspecified atom stereocenters. The molecule has 4 nitrogen and oxygen atoms in total. The molecule has 0 saturated carbocycles. The average molecular weight is 272 g/mol. The maximum Gasteiger partial charge on any atom is 0.145 e. The normalized spacial score (nSPS) is 13.2. The van der Waals surface area contributed by atoms with Gasteiger partial charge in [0.15, 0.2) is 0 Å². The molecular formula is C16H24N4. The number of fused-ring (bicyclic) bond motifs is 1. The van der Waals surface area contributed by atoms with Crippen LogP contribution < -0.4 is 11.3 Å². The second-order valence-corrected chi connectivity index (χ2v) is 5.73. The predicted molar refractivity (Wildman–Crippen MR) is 85.3 cm³/mol. The number of aromatic nitrogens is 1. The van der Waals surface area contributed by atoms with Crippen molar-refractivity contribution in [3.8, 4) is 0 Å². The molecule has 0 radical (unpaired) electrons. The number of anilines is 1. The summed E-state index contributed by atoms with van der Waals surface area (Å²) >= 11 is 0. The molecule has 20 heavy (non-hydrogen) atoms. The number of pyridine rings is 1. The molecule has 1 aromatic carbocycles. The summed E-state index contributed by atoms with van der Waals surface area (Å²) < 4.78 is 0. The standard InChI is InChI=1S/C16H24N4/c1-11(2)12(3)20(4)10-14-9-13-7-5-6-8-15(13)18-16(14)19-17/h5-9,11-12H,10,17H2,1-4H3,(H,18,19). The summed E-state index contributed by atoms with van der Waals surface area (Å²) in [6.45, 7) is 7.55. The van der Waals surface area contributed by atoms with Crippen LogP contribution in [0.15, 0.2) is 30.3 Å². The van der Waals surface area contributed by atoms with Crippen LogP contribution in [0.3, 0.4) is 0 Å². The van der Waals surface area contributed by atoms with Gasteiger partial charge in [0.05, 0.1) is 5.52 Å². The summed E-state index contributed by atoms with van der Waals surface area (Å²) in [5, 5.41) is 1.15. The summed E-state index contributed by atoms with van der Waals surface area (Å²) in [6.07, 6.45) is 0. The molecule has 4 heteroatoms. The molecule has 0 aliphatic carbocycles. The van der Waals surface area contributed by atoms with Gasteiger partial charge in [0, 0.05) is 23.5 Å². The van der Waals surface area contributed by atoms with Crippen LogP contribution in [-0.2, 0) is 6.54 Å². The molecule has 0 bridgehead atoms. The lowest BCUT2D eigenvalue weighted by Crippen LogP contribution is -2.33. The van der Waals surface area contributed by atoms with E-state index in [1.54, 1.807) is 0 Å². The zero-order chi connectivity index (χ0) is 14.7. The number of hydrogen-bond donors (Lipinski definition) is 2. The summed E-state index contributed by atoms with van der Waals surface area (Å²) in [6, 6.07) is 10.8. The molecule has 0 amide bonds. The molecule has 0 spiro atoms. The zero-order valence-corrected chi connectivity index (χ0v) is 12.7. The monoisotopic (exact) mass is 272 g/mol. The highest BCUT2D eigenvalue weighted by Crippen LogP contribution is 2.22. The Hall–Kier alpha value is -1.65. The highest BCUT2D eigenvalue weighted by molar-refractivity contribution is 5.81. The maximum absolute atomic E-state index is 5.62. The highest BCUT2D eigenvalue weighted by Gasteiger charge is 2.15. The average Bonchev–Trinajstić information content (AvgIpc) is 2.45. The van der Waals surface area contributed by atoms with Gasteiger partial charge in [0.2, 0.25) is 0 Å². The van der Waals surface area contributed by atoms with Gasteiger partial charge in [-0.05, 0) is 32.0 Å². The molecule has 0 aliphatic rings. The lowest BCUT2D eigenvalue weighted by molar-refractivity contribution is 0.200. The Labute approximate surface area is 121 Å². The van der Waals surface area contributed by atoms with Crippen LogP contribution in [0.25, 0.3) is 10.9 Å². The van der Waals surface area contributed by atoms with Gasteiger partial charge in [-0.15, -0.1) is 0 Å². The van der Waals surface area contributed by atoms with E-state index >= 15 is 0 Å². The Morgan fingerprint density at radius 2 is 1.95 bits per heavy atom. The van der Waals surface area contributed by atoms with Crippen LogP contribution in [0.5, 0.6) is 0 Å². The smallest absolute Gasteiger partial charge is 0.145 e. The summed E-state index contributed by atoms with van der Waals surface area (Å²) in [7, 11) is 2.14. The molecule has 0 aliphatic heterocycles. The Balaban J connectivity index is 2.33. The van der Waals surface area contributed by atoms with Crippen molar-refractivity contribution in [1.29, 1.82) is 0 Å². The van der Waals surface area contributed by atoms with Crippen LogP contribution >= 0.6 is 0 Å². The van der Waals surface area contributed by atoms with Gasteiger partial charge in [0.25, 0.3) is 0 Å². The van der Waals surface area contributed by atoms with Crippen LogP contribution in [-0.4, -0.2) is 23.0 Å². The van der Waals surface area contributed by atoms with E-state index < -0.39 is 0 Å². The molecule has 108 valence electrons. The molecular weight excluding hydrogens is 248 g/mol. The zero-order valence-electron chi connectivity index (χ0n) is 12.7. The van der Waals surface area contributed by atoms with Gasteiger partial charge >= 0.3 is 0 Å². The van der Waals surface area contributed by atoms with Crippen molar-refractivity contribution >= 4 is 16.7 Å². The first-order valence-corrected chi connectivity index (χ1v) is 7.08. The first-order valence-electron chi connectivity index (χ1n) is 7.08. The SMILES string of the molecule is CC(C)C(C)N(C)Cc1cc2ccccc2nc1NN. The third kappa shape index (κ3) is 3.08. The van der Waals surface area contributed by atoms with Crippen molar-refractivity contribution in [2.45, 2.75) is 33.4 Å². The number of rotatable bonds is 5. The number of para-hydroxylation sites is 1. The lowest BCUT2D eigenvalue weighted by Gasteiger charge is -2.28. The molecule has 3 N–H and O–H groups in total. The number of hydrogen-bond acceptors (Lipinski definition) is 4. The van der Waals surface area contributed by atoms with E-state index in [1.807, 2.05) is 18.2 Å². The van der Waals surface area contributed by atoms with Gasteiger partial charge in [-0.3, -0.25) is 4.90 Å². The van der Waals surface area contributed by atoms with E-state index in [1.165, 1.54) is 0 Å². The molecule has 1 heterocycles. The Morgan fingerprint density at radius 1 is 1.25 bits per heavy atom. The van der Waals surface area contributed by atoms with Gasteiger partial charge in [-0.2, -0.15) is 0 Å². The number of nitrogen functional groups attached to an aromatic ring is 1. The minimum atomic E-state index is 0.507. The Bertz CT molecular complexity index is 580. The quantitative estimate of drug-likeness (QED) is 0.649. The highest BCUT2D eigenvalue weighted by atomic mass is 15.3. The third-order valence-corrected chi connectivity index (χ3v) is 4.02. The second kappa shape index (κ2) is 6.20. The van der Waals surface area contributed by atoms with Crippen LogP contribution in [0.1, 0.15) is 26.3 Å². The molecule has 0 fully saturated rings. The van der Waals surface area contributed by atoms with Crippen molar-refractivity contribution in [3.63, 3.8) is 0 Å². The van der Waals surface area contributed by atoms with Crippen molar-refractivity contribution in [3.05, 3.63) is 35.9 Å². The van der Waals surface area contributed by atoms with E-state index in [4.69, 9.17) is 5.84 Å². The van der Waals surface area contributed by atoms with Crippen molar-refractivity contribution < 1.29 is 0 Å². The topological polar surface area (TPSA) is 54.2 Å². The fourth-order valence-electron chi connectivity index (χ4n) is 2.33. The fourth-order valence-corrected chi connectivity index (χ4v) is 2.33. The van der Waals surface area contributed by atoms with E-state index in [2.05, 4.69) is 55.3 Å². The Kier molecular flexibility index (Phi) is 4.57. The van der Waals surface area contributed by atoms with E-state index in [0.29, 0.717) is 12.0 Å². The number of hydrazine groups is 1.